The van der Waals surface area contributed by atoms with Crippen molar-refractivity contribution in [2.24, 2.45) is 0 Å². The van der Waals surface area contributed by atoms with E-state index in [1.54, 1.807) is 0 Å². The average Bonchev–Trinajstić information content (AvgIpc) is 3.89. The van der Waals surface area contributed by atoms with Gasteiger partial charge in [0, 0.05) is 56.9 Å². The van der Waals surface area contributed by atoms with E-state index in [9.17, 15) is 9.59 Å². The molecule has 10 rings (SSSR count). The lowest BCUT2D eigenvalue weighted by Crippen LogP contribution is -2.36. The molecule has 5 aromatic carbocycles. The van der Waals surface area contributed by atoms with Crippen LogP contribution in [0.25, 0.3) is 44.3 Å². The van der Waals surface area contributed by atoms with E-state index in [1.807, 2.05) is 126 Å². The van der Waals surface area contributed by atoms with Gasteiger partial charge in [0.2, 0.25) is 0 Å². The number of carbonyl (C=O) groups excluding carboxylic acids is 2. The molecule has 3 aliphatic heterocycles. The van der Waals surface area contributed by atoms with Crippen LogP contribution in [-0.2, 0) is 16.0 Å². The number of hydrogen-bond acceptors (Lipinski definition) is 10. The van der Waals surface area contributed by atoms with Crippen LogP contribution in [0, 0.1) is 0 Å². The molecule has 5 heterocycles. The van der Waals surface area contributed by atoms with E-state index in [-0.39, 0.29) is 11.8 Å². The molecule has 61 heavy (non-hydrogen) atoms. The minimum atomic E-state index is -0.0918. The maximum Gasteiger partial charge on any atom is 0.253 e. The number of fused-ring (bicyclic) bond motifs is 2. The Labute approximate surface area is 355 Å². The first-order valence-electron chi connectivity index (χ1n) is 21.1. The summed E-state index contributed by atoms with van der Waals surface area (Å²) in [4.78, 5) is 50.6. The van der Waals surface area contributed by atoms with Gasteiger partial charge in [-0.25, -0.2) is 9.97 Å². The molecule has 0 spiro atoms. The number of morpholine rings is 2. The van der Waals surface area contributed by atoms with Crippen molar-refractivity contribution in [3.05, 3.63) is 144 Å². The first-order valence-corrected chi connectivity index (χ1v) is 21.1. The molecule has 0 atom stereocenters. The van der Waals surface area contributed by atoms with Gasteiger partial charge in [0.05, 0.1) is 60.9 Å². The second kappa shape index (κ2) is 18.7. The molecule has 7 aromatic rings. The zero-order valence-electron chi connectivity index (χ0n) is 34.1. The molecular weight excluding hydrogens is 765 g/mol. The standard InChI is InChI=1S/C26H24N4O2.C23H24N4O2/c31-26(28-17-19-5-2-1-3-6-19)22-8-4-7-20(15-22)21-9-10-23-24(16-21)29-25(18-27-23)30-11-13-32-14-12-30;28-23(27-8-1-2-9-27)19-5-3-4-17(14-19)18-6-7-20-21(15-18)25-22(16-24-20)26-10-12-29-13-11-26/h1-10,15-16,18H,11-14,17H2,(H,28,31);3-7,14-16H,1-2,8-13H2. The largest absolute Gasteiger partial charge is 0.378 e. The van der Waals surface area contributed by atoms with Gasteiger partial charge in [-0.1, -0.05) is 66.7 Å². The fraction of sp³-hybridized carbons (Fsp3) is 0.265. The van der Waals surface area contributed by atoms with Crippen molar-refractivity contribution in [2.75, 3.05) is 75.5 Å². The zero-order valence-corrected chi connectivity index (χ0v) is 34.1. The molecule has 0 bridgehead atoms. The fourth-order valence-electron chi connectivity index (χ4n) is 7.91. The predicted octanol–water partition coefficient (Wildman–Crippen LogP) is 7.43. The summed E-state index contributed by atoms with van der Waals surface area (Å²) in [6.07, 6.45) is 5.86. The van der Waals surface area contributed by atoms with Gasteiger partial charge in [0.15, 0.2) is 0 Å². The van der Waals surface area contributed by atoms with Crippen molar-refractivity contribution in [1.29, 1.82) is 0 Å². The van der Waals surface area contributed by atoms with Gasteiger partial charge in [-0.15, -0.1) is 0 Å². The van der Waals surface area contributed by atoms with E-state index >= 15 is 0 Å². The number of nitrogens with zero attached hydrogens (tertiary/aromatic N) is 7. The third-order valence-corrected chi connectivity index (χ3v) is 11.3. The Morgan fingerprint density at radius 2 is 1.03 bits per heavy atom. The van der Waals surface area contributed by atoms with E-state index in [0.717, 1.165) is 132 Å². The summed E-state index contributed by atoms with van der Waals surface area (Å²) in [6, 6.07) is 37.6. The van der Waals surface area contributed by atoms with Gasteiger partial charge in [-0.2, -0.15) is 0 Å². The minimum Gasteiger partial charge on any atom is -0.378 e. The van der Waals surface area contributed by atoms with Crippen LogP contribution < -0.4 is 15.1 Å². The van der Waals surface area contributed by atoms with Crippen LogP contribution in [0.5, 0.6) is 0 Å². The van der Waals surface area contributed by atoms with E-state index in [4.69, 9.17) is 19.4 Å². The van der Waals surface area contributed by atoms with Crippen LogP contribution in [0.3, 0.4) is 0 Å². The van der Waals surface area contributed by atoms with Crippen molar-refractivity contribution >= 4 is 45.5 Å². The number of anilines is 2. The fourth-order valence-corrected chi connectivity index (χ4v) is 7.91. The van der Waals surface area contributed by atoms with Crippen LogP contribution in [0.1, 0.15) is 39.1 Å². The maximum absolute atomic E-state index is 12.8. The molecule has 12 nitrogen and oxygen atoms in total. The lowest BCUT2D eigenvalue weighted by Gasteiger charge is -2.27. The van der Waals surface area contributed by atoms with Crippen LogP contribution in [-0.4, -0.2) is 102 Å². The Morgan fingerprint density at radius 1 is 0.525 bits per heavy atom. The van der Waals surface area contributed by atoms with E-state index in [0.29, 0.717) is 25.3 Å². The Hall–Kier alpha value is -6.76. The molecule has 0 saturated carbocycles. The zero-order chi connectivity index (χ0) is 41.4. The van der Waals surface area contributed by atoms with Gasteiger partial charge in [-0.3, -0.25) is 19.6 Å². The van der Waals surface area contributed by atoms with Crippen LogP contribution in [0.4, 0.5) is 11.6 Å². The van der Waals surface area contributed by atoms with Gasteiger partial charge < -0.3 is 29.5 Å². The maximum atomic E-state index is 12.8. The van der Waals surface area contributed by atoms with Crippen molar-refractivity contribution in [3.63, 3.8) is 0 Å². The predicted molar refractivity (Wildman–Crippen MR) is 239 cm³/mol. The normalized spacial score (nSPS) is 15.4. The number of hydrogen-bond donors (Lipinski definition) is 1. The molecule has 0 unspecified atom stereocenters. The molecule has 3 fully saturated rings. The summed E-state index contributed by atoms with van der Waals surface area (Å²) < 4.78 is 10.9. The second-order valence-corrected chi connectivity index (χ2v) is 15.4. The summed E-state index contributed by atoms with van der Waals surface area (Å²) in [7, 11) is 0. The number of ether oxygens (including phenoxy) is 2. The number of carbonyl (C=O) groups is 2. The van der Waals surface area contributed by atoms with Crippen LogP contribution >= 0.6 is 0 Å². The molecule has 3 saturated heterocycles. The van der Waals surface area contributed by atoms with Crippen molar-refractivity contribution in [3.8, 4) is 22.3 Å². The molecule has 0 radical (unpaired) electrons. The third-order valence-electron chi connectivity index (χ3n) is 11.3. The van der Waals surface area contributed by atoms with Crippen molar-refractivity contribution in [1.82, 2.24) is 30.2 Å². The second-order valence-electron chi connectivity index (χ2n) is 15.4. The molecular formula is C49H48N8O4. The number of nitrogens with one attached hydrogen (secondary N) is 1. The van der Waals surface area contributed by atoms with Crippen molar-refractivity contribution < 1.29 is 19.1 Å². The molecule has 0 aliphatic carbocycles. The van der Waals surface area contributed by atoms with E-state index < -0.39 is 0 Å². The topological polar surface area (TPSA) is 126 Å². The lowest BCUT2D eigenvalue weighted by atomic mass is 10.0. The highest BCUT2D eigenvalue weighted by Crippen LogP contribution is 2.28. The Kier molecular flexibility index (Phi) is 12.1. The number of aromatic nitrogens is 4. The molecule has 2 aromatic heterocycles. The molecule has 308 valence electrons. The Bertz CT molecular complexity index is 2640. The summed E-state index contributed by atoms with van der Waals surface area (Å²) in [6.45, 7) is 8.38. The number of rotatable bonds is 8. The highest BCUT2D eigenvalue weighted by molar-refractivity contribution is 5.97. The Morgan fingerprint density at radius 3 is 1.59 bits per heavy atom. The van der Waals surface area contributed by atoms with Gasteiger partial charge in [-0.05, 0) is 89.2 Å². The highest BCUT2D eigenvalue weighted by atomic mass is 16.5. The molecule has 2 amide bonds. The quantitative estimate of drug-likeness (QED) is 0.166. The summed E-state index contributed by atoms with van der Waals surface area (Å²) >= 11 is 0. The minimum absolute atomic E-state index is 0.0918. The van der Waals surface area contributed by atoms with E-state index in [2.05, 4.69) is 31.2 Å². The van der Waals surface area contributed by atoms with Crippen LogP contribution in [0.2, 0.25) is 0 Å². The Balaban J connectivity index is 0.000000157. The first-order chi connectivity index (χ1) is 30.0. The SMILES string of the molecule is O=C(NCc1ccccc1)c1cccc(-c2ccc3ncc(N4CCOCC4)nc3c2)c1.O=C(c1cccc(-c2ccc3ncc(N4CCOCC4)nc3c2)c1)N1CCCC1. The molecule has 1 N–H and O–H groups in total. The highest BCUT2D eigenvalue weighted by Gasteiger charge is 2.20. The van der Waals surface area contributed by atoms with Crippen molar-refractivity contribution in [2.45, 2.75) is 19.4 Å². The number of amides is 2. The van der Waals surface area contributed by atoms with Gasteiger partial charge in [0.1, 0.15) is 11.6 Å². The van der Waals surface area contributed by atoms with Gasteiger partial charge in [0.25, 0.3) is 11.8 Å². The number of likely N-dealkylation sites (tertiary alicyclic amines) is 1. The van der Waals surface area contributed by atoms with Crippen LogP contribution in [0.15, 0.2) is 128 Å². The summed E-state index contributed by atoms with van der Waals surface area (Å²) in [5.41, 5.74) is 9.91. The van der Waals surface area contributed by atoms with Gasteiger partial charge >= 0.3 is 0 Å². The summed E-state index contributed by atoms with van der Waals surface area (Å²) in [5, 5.41) is 2.99. The average molecular weight is 813 g/mol. The molecule has 12 heteroatoms. The monoisotopic (exact) mass is 812 g/mol. The molecule has 3 aliphatic rings. The number of benzene rings is 5. The lowest BCUT2D eigenvalue weighted by molar-refractivity contribution is 0.0792. The smallest absolute Gasteiger partial charge is 0.253 e. The summed E-state index contributed by atoms with van der Waals surface area (Å²) in [5.74, 6) is 1.79. The van der Waals surface area contributed by atoms with E-state index in [1.165, 1.54) is 0 Å². The first kappa shape index (κ1) is 39.7. The third kappa shape index (κ3) is 9.51.